The van der Waals surface area contributed by atoms with Gasteiger partial charge in [-0.05, 0) is 30.7 Å². The van der Waals surface area contributed by atoms with Crippen molar-refractivity contribution in [1.29, 1.82) is 0 Å². The summed E-state index contributed by atoms with van der Waals surface area (Å²) in [7, 11) is 0. The van der Waals surface area contributed by atoms with Gasteiger partial charge < -0.3 is 10.8 Å². The first-order chi connectivity index (χ1) is 8.93. The SMILES string of the molecule is Cc1ccc(Cl)c(-c2c(N)cccc2C(=O)O)c1Cl. The zero-order chi connectivity index (χ0) is 14.2. The molecule has 0 aliphatic heterocycles. The highest BCUT2D eigenvalue weighted by Crippen LogP contribution is 2.41. The molecule has 0 aliphatic rings. The zero-order valence-corrected chi connectivity index (χ0v) is 11.6. The third kappa shape index (κ3) is 2.39. The van der Waals surface area contributed by atoms with Gasteiger partial charge in [0.1, 0.15) is 0 Å². The molecule has 0 radical (unpaired) electrons. The molecule has 0 aliphatic carbocycles. The first-order valence-corrected chi connectivity index (χ1v) is 6.26. The van der Waals surface area contributed by atoms with Crippen molar-refractivity contribution in [3.05, 3.63) is 51.5 Å². The Bertz CT molecular complexity index is 669. The number of rotatable bonds is 2. The smallest absolute Gasteiger partial charge is 0.336 e. The topological polar surface area (TPSA) is 63.3 Å². The minimum Gasteiger partial charge on any atom is -0.478 e. The maximum absolute atomic E-state index is 11.3. The molecule has 19 heavy (non-hydrogen) atoms. The summed E-state index contributed by atoms with van der Waals surface area (Å²) >= 11 is 12.4. The molecule has 0 saturated heterocycles. The third-order valence-electron chi connectivity index (χ3n) is 2.86. The van der Waals surface area contributed by atoms with Crippen molar-refractivity contribution in [2.75, 3.05) is 5.73 Å². The molecule has 5 heteroatoms. The first-order valence-electron chi connectivity index (χ1n) is 5.50. The van der Waals surface area contributed by atoms with E-state index in [4.69, 9.17) is 28.9 Å². The van der Waals surface area contributed by atoms with Gasteiger partial charge in [-0.15, -0.1) is 0 Å². The lowest BCUT2D eigenvalue weighted by molar-refractivity contribution is 0.0698. The van der Waals surface area contributed by atoms with Crippen LogP contribution in [0.3, 0.4) is 0 Å². The number of carboxylic acid groups (broad SMARTS) is 1. The molecule has 0 saturated carbocycles. The van der Waals surface area contributed by atoms with Crippen molar-refractivity contribution in [1.82, 2.24) is 0 Å². The van der Waals surface area contributed by atoms with Crippen molar-refractivity contribution >= 4 is 34.9 Å². The van der Waals surface area contributed by atoms with Gasteiger partial charge in [0, 0.05) is 16.8 Å². The number of anilines is 1. The largest absolute Gasteiger partial charge is 0.478 e. The van der Waals surface area contributed by atoms with Crippen molar-refractivity contribution in [3.63, 3.8) is 0 Å². The lowest BCUT2D eigenvalue weighted by atomic mass is 9.96. The Kier molecular flexibility index (Phi) is 3.69. The summed E-state index contributed by atoms with van der Waals surface area (Å²) in [5.74, 6) is -1.07. The Balaban J connectivity index is 2.87. The van der Waals surface area contributed by atoms with E-state index in [1.54, 1.807) is 24.3 Å². The molecule has 3 nitrogen and oxygen atoms in total. The van der Waals surface area contributed by atoms with E-state index in [-0.39, 0.29) is 5.56 Å². The number of hydrogen-bond acceptors (Lipinski definition) is 2. The number of halogens is 2. The van der Waals surface area contributed by atoms with E-state index in [0.717, 1.165) is 5.56 Å². The lowest BCUT2D eigenvalue weighted by Gasteiger charge is -2.14. The third-order valence-corrected chi connectivity index (χ3v) is 3.66. The number of nitrogens with two attached hydrogens (primary N) is 1. The second-order valence-electron chi connectivity index (χ2n) is 4.13. The molecule has 2 aromatic carbocycles. The van der Waals surface area contributed by atoms with Crippen LogP contribution < -0.4 is 5.73 Å². The van der Waals surface area contributed by atoms with Crippen LogP contribution in [0.2, 0.25) is 10.0 Å². The average Bonchev–Trinajstić information content (AvgIpc) is 2.36. The molecule has 3 N–H and O–H groups in total. The minimum absolute atomic E-state index is 0.0781. The number of benzene rings is 2. The van der Waals surface area contributed by atoms with E-state index in [1.165, 1.54) is 6.07 Å². The highest BCUT2D eigenvalue weighted by Gasteiger charge is 2.20. The van der Waals surface area contributed by atoms with Crippen LogP contribution in [0.1, 0.15) is 15.9 Å². The van der Waals surface area contributed by atoms with Gasteiger partial charge in [-0.3, -0.25) is 0 Å². The molecule has 0 spiro atoms. The van der Waals surface area contributed by atoms with Crippen molar-refractivity contribution in [3.8, 4) is 11.1 Å². The van der Waals surface area contributed by atoms with Crippen LogP contribution in [-0.2, 0) is 0 Å². The highest BCUT2D eigenvalue weighted by atomic mass is 35.5. The molecule has 0 atom stereocenters. The number of aromatic carboxylic acids is 1. The Morgan fingerprint density at radius 3 is 2.47 bits per heavy atom. The fraction of sp³-hybridized carbons (Fsp3) is 0.0714. The predicted molar refractivity (Wildman–Crippen MR) is 78.0 cm³/mol. The van der Waals surface area contributed by atoms with Crippen molar-refractivity contribution in [2.45, 2.75) is 6.92 Å². The highest BCUT2D eigenvalue weighted by molar-refractivity contribution is 6.40. The summed E-state index contributed by atoms with van der Waals surface area (Å²) in [6.45, 7) is 1.82. The Morgan fingerprint density at radius 1 is 1.16 bits per heavy atom. The normalized spacial score (nSPS) is 10.5. The van der Waals surface area contributed by atoms with Crippen LogP contribution in [0.4, 0.5) is 5.69 Å². The van der Waals surface area contributed by atoms with Gasteiger partial charge >= 0.3 is 5.97 Å². The van der Waals surface area contributed by atoms with Gasteiger partial charge in [-0.25, -0.2) is 4.79 Å². The van der Waals surface area contributed by atoms with Crippen LogP contribution in [-0.4, -0.2) is 11.1 Å². The fourth-order valence-electron chi connectivity index (χ4n) is 1.91. The lowest BCUT2D eigenvalue weighted by Crippen LogP contribution is -2.03. The second kappa shape index (κ2) is 5.11. The first kappa shape index (κ1) is 13.7. The van der Waals surface area contributed by atoms with Crippen molar-refractivity contribution < 1.29 is 9.90 Å². The summed E-state index contributed by atoms with van der Waals surface area (Å²) in [5.41, 5.74) is 7.92. The standard InChI is InChI=1S/C14H11Cl2NO2/c1-7-5-6-9(15)12(13(7)16)11-8(14(18)19)3-2-4-10(11)17/h2-6H,17H2,1H3,(H,18,19). The molecule has 0 bridgehead atoms. The van der Waals surface area contributed by atoms with Crippen LogP contribution in [0.25, 0.3) is 11.1 Å². The molecule has 0 heterocycles. The van der Waals surface area contributed by atoms with Gasteiger partial charge in [0.25, 0.3) is 0 Å². The van der Waals surface area contributed by atoms with Gasteiger partial charge in [-0.1, -0.05) is 35.3 Å². The minimum atomic E-state index is -1.07. The molecule has 0 aromatic heterocycles. The van der Waals surface area contributed by atoms with Crippen LogP contribution in [0, 0.1) is 6.92 Å². The molecule has 2 rings (SSSR count). The number of carboxylic acids is 1. The van der Waals surface area contributed by atoms with E-state index < -0.39 is 5.97 Å². The quantitative estimate of drug-likeness (QED) is 0.814. The zero-order valence-electron chi connectivity index (χ0n) is 10.1. The number of hydrogen-bond donors (Lipinski definition) is 2. The van der Waals surface area contributed by atoms with E-state index in [0.29, 0.717) is 26.9 Å². The molecule has 0 fully saturated rings. The summed E-state index contributed by atoms with van der Waals surface area (Å²) in [6, 6.07) is 8.13. The molecule has 2 aromatic rings. The fourth-order valence-corrected chi connectivity index (χ4v) is 2.47. The van der Waals surface area contributed by atoms with Gasteiger partial charge in [-0.2, -0.15) is 0 Å². The molecule has 98 valence electrons. The van der Waals surface area contributed by atoms with Gasteiger partial charge in [0.15, 0.2) is 0 Å². The van der Waals surface area contributed by atoms with E-state index >= 15 is 0 Å². The maximum Gasteiger partial charge on any atom is 0.336 e. The van der Waals surface area contributed by atoms with Crippen LogP contribution >= 0.6 is 23.2 Å². The van der Waals surface area contributed by atoms with Crippen LogP contribution in [0.5, 0.6) is 0 Å². The second-order valence-corrected chi connectivity index (χ2v) is 4.91. The van der Waals surface area contributed by atoms with E-state index in [9.17, 15) is 9.90 Å². The maximum atomic E-state index is 11.3. The number of nitrogen functional groups attached to an aromatic ring is 1. The van der Waals surface area contributed by atoms with Crippen LogP contribution in [0.15, 0.2) is 30.3 Å². The van der Waals surface area contributed by atoms with Gasteiger partial charge in [0.2, 0.25) is 0 Å². The number of aryl methyl sites for hydroxylation is 1. The molecular weight excluding hydrogens is 285 g/mol. The average molecular weight is 296 g/mol. The summed E-state index contributed by atoms with van der Waals surface area (Å²) < 4.78 is 0. The van der Waals surface area contributed by atoms with Gasteiger partial charge in [0.05, 0.1) is 15.6 Å². The Labute approximate surface area is 120 Å². The molecule has 0 unspecified atom stereocenters. The molecular formula is C14H11Cl2NO2. The Morgan fingerprint density at radius 2 is 1.84 bits per heavy atom. The summed E-state index contributed by atoms with van der Waals surface area (Å²) in [6.07, 6.45) is 0. The molecule has 0 amide bonds. The van der Waals surface area contributed by atoms with E-state index in [2.05, 4.69) is 0 Å². The predicted octanol–water partition coefficient (Wildman–Crippen LogP) is 4.25. The summed E-state index contributed by atoms with van der Waals surface area (Å²) in [4.78, 5) is 11.3. The Hall–Kier alpha value is -1.71. The summed E-state index contributed by atoms with van der Waals surface area (Å²) in [5, 5.41) is 10.0. The number of carbonyl (C=O) groups is 1. The monoisotopic (exact) mass is 295 g/mol. The van der Waals surface area contributed by atoms with E-state index in [1.807, 2.05) is 6.92 Å². The van der Waals surface area contributed by atoms with Crippen molar-refractivity contribution in [2.24, 2.45) is 0 Å².